The number of hydrogen-bond acceptors (Lipinski definition) is 3. The first kappa shape index (κ1) is 15.7. The van der Waals surface area contributed by atoms with E-state index in [1.165, 1.54) is 10.9 Å². The number of carbonyl (C=O) groups is 1. The second-order valence-corrected chi connectivity index (χ2v) is 5.40. The molecule has 0 aliphatic heterocycles. The largest absolute Gasteiger partial charge is 0.297 e. The summed E-state index contributed by atoms with van der Waals surface area (Å²) >= 11 is 0. The van der Waals surface area contributed by atoms with E-state index in [0.717, 1.165) is 5.69 Å². The van der Waals surface area contributed by atoms with Crippen molar-refractivity contribution in [2.45, 2.75) is 6.92 Å². The number of carbonyl (C=O) groups excluding carboxylic acids is 1. The molecule has 0 aliphatic carbocycles. The highest BCUT2D eigenvalue weighted by molar-refractivity contribution is 6.35. The SMILES string of the molecule is Cc1c(N=CC(=O)c2ccccc2)c(=O)n(-c2ccccc2)n1C. The van der Waals surface area contributed by atoms with Crippen molar-refractivity contribution >= 4 is 17.7 Å². The molecular weight excluding hydrogens is 302 g/mol. The average Bonchev–Trinajstić information content (AvgIpc) is 2.83. The summed E-state index contributed by atoms with van der Waals surface area (Å²) in [6.07, 6.45) is 1.20. The van der Waals surface area contributed by atoms with Gasteiger partial charge in [0.2, 0.25) is 5.78 Å². The van der Waals surface area contributed by atoms with Gasteiger partial charge in [0.05, 0.1) is 17.6 Å². The lowest BCUT2D eigenvalue weighted by atomic mass is 10.1. The number of hydrogen-bond donors (Lipinski definition) is 0. The first-order valence-corrected chi connectivity index (χ1v) is 7.57. The van der Waals surface area contributed by atoms with Crippen LogP contribution in [0.4, 0.5) is 5.69 Å². The molecule has 3 aromatic rings. The fourth-order valence-corrected chi connectivity index (χ4v) is 2.50. The van der Waals surface area contributed by atoms with Crippen molar-refractivity contribution in [1.29, 1.82) is 0 Å². The van der Waals surface area contributed by atoms with Gasteiger partial charge in [-0.3, -0.25) is 14.3 Å². The predicted octanol–water partition coefficient (Wildman–Crippen LogP) is 3.07. The second-order valence-electron chi connectivity index (χ2n) is 5.40. The van der Waals surface area contributed by atoms with E-state index in [1.807, 2.05) is 36.4 Å². The number of aromatic nitrogens is 2. The lowest BCUT2D eigenvalue weighted by Gasteiger charge is -2.07. The molecule has 0 spiro atoms. The van der Waals surface area contributed by atoms with E-state index in [0.29, 0.717) is 11.3 Å². The van der Waals surface area contributed by atoms with E-state index in [-0.39, 0.29) is 17.0 Å². The first-order chi connectivity index (χ1) is 11.6. The Bertz CT molecular complexity index is 952. The van der Waals surface area contributed by atoms with E-state index >= 15 is 0 Å². The molecule has 0 bridgehead atoms. The van der Waals surface area contributed by atoms with Gasteiger partial charge in [0.25, 0.3) is 5.56 Å². The average molecular weight is 319 g/mol. The Morgan fingerprint density at radius 1 is 1.00 bits per heavy atom. The maximum atomic E-state index is 12.7. The van der Waals surface area contributed by atoms with Gasteiger partial charge in [-0.05, 0) is 19.1 Å². The van der Waals surface area contributed by atoms with E-state index in [2.05, 4.69) is 4.99 Å². The van der Waals surface area contributed by atoms with Gasteiger partial charge in [-0.25, -0.2) is 9.67 Å². The highest BCUT2D eigenvalue weighted by Crippen LogP contribution is 2.16. The van der Waals surface area contributed by atoms with Crippen molar-refractivity contribution < 1.29 is 4.79 Å². The zero-order chi connectivity index (χ0) is 17.1. The van der Waals surface area contributed by atoms with Crippen LogP contribution in [0.2, 0.25) is 0 Å². The molecule has 0 saturated carbocycles. The van der Waals surface area contributed by atoms with Crippen LogP contribution in [0.3, 0.4) is 0 Å². The van der Waals surface area contributed by atoms with Crippen molar-refractivity contribution in [2.24, 2.45) is 12.0 Å². The monoisotopic (exact) mass is 319 g/mol. The normalized spacial score (nSPS) is 11.1. The smallest absolute Gasteiger partial charge is 0.288 e. The van der Waals surface area contributed by atoms with Crippen molar-refractivity contribution in [3.63, 3.8) is 0 Å². The Balaban J connectivity index is 2.00. The summed E-state index contributed by atoms with van der Waals surface area (Å²) in [5, 5.41) is 0. The quantitative estimate of drug-likeness (QED) is 0.548. The fraction of sp³-hybridized carbons (Fsp3) is 0.105. The summed E-state index contributed by atoms with van der Waals surface area (Å²) in [6, 6.07) is 18.2. The molecular formula is C19H17N3O2. The van der Waals surface area contributed by atoms with Crippen LogP contribution in [0.15, 0.2) is 70.5 Å². The summed E-state index contributed by atoms with van der Waals surface area (Å²) in [5.41, 5.74) is 2.01. The zero-order valence-electron chi connectivity index (χ0n) is 13.5. The van der Waals surface area contributed by atoms with Crippen LogP contribution in [0.1, 0.15) is 16.1 Å². The van der Waals surface area contributed by atoms with Gasteiger partial charge in [-0.2, -0.15) is 0 Å². The van der Waals surface area contributed by atoms with E-state index < -0.39 is 0 Å². The van der Waals surface area contributed by atoms with Crippen LogP contribution >= 0.6 is 0 Å². The van der Waals surface area contributed by atoms with Gasteiger partial charge in [0, 0.05) is 12.6 Å². The third-order valence-corrected chi connectivity index (χ3v) is 3.89. The molecule has 0 atom stereocenters. The van der Waals surface area contributed by atoms with Crippen LogP contribution < -0.4 is 5.56 Å². The van der Waals surface area contributed by atoms with Crippen molar-refractivity contribution in [3.05, 3.63) is 82.3 Å². The third-order valence-electron chi connectivity index (χ3n) is 3.89. The zero-order valence-corrected chi connectivity index (χ0v) is 13.5. The molecule has 0 radical (unpaired) electrons. The second kappa shape index (κ2) is 6.50. The Labute approximate surface area is 139 Å². The van der Waals surface area contributed by atoms with Gasteiger partial charge >= 0.3 is 0 Å². The molecule has 5 heteroatoms. The van der Waals surface area contributed by atoms with Crippen LogP contribution in [0, 0.1) is 6.92 Å². The molecule has 0 unspecified atom stereocenters. The lowest BCUT2D eigenvalue weighted by Crippen LogP contribution is -2.19. The van der Waals surface area contributed by atoms with E-state index in [9.17, 15) is 9.59 Å². The molecule has 2 aromatic carbocycles. The Morgan fingerprint density at radius 2 is 1.58 bits per heavy atom. The Kier molecular flexibility index (Phi) is 4.24. The lowest BCUT2D eigenvalue weighted by molar-refractivity contribution is 0.107. The van der Waals surface area contributed by atoms with Gasteiger partial charge in [-0.15, -0.1) is 0 Å². The number of aliphatic imine (C=N–C) groups is 1. The van der Waals surface area contributed by atoms with Gasteiger partial charge < -0.3 is 0 Å². The Hall–Kier alpha value is -3.21. The summed E-state index contributed by atoms with van der Waals surface area (Å²) in [5.74, 6) is -0.232. The van der Waals surface area contributed by atoms with Crippen LogP contribution in [0.25, 0.3) is 5.69 Å². The number of Topliss-reactive ketones (excluding diaryl/α,β-unsaturated/α-hetero) is 1. The van der Waals surface area contributed by atoms with Crippen molar-refractivity contribution in [1.82, 2.24) is 9.36 Å². The molecule has 0 N–H and O–H groups in total. The minimum absolute atomic E-state index is 0.232. The first-order valence-electron chi connectivity index (χ1n) is 7.57. The molecule has 5 nitrogen and oxygen atoms in total. The molecule has 1 heterocycles. The van der Waals surface area contributed by atoms with Gasteiger partial charge in [0.15, 0.2) is 5.69 Å². The third kappa shape index (κ3) is 2.84. The van der Waals surface area contributed by atoms with E-state index in [4.69, 9.17) is 0 Å². The molecule has 0 fully saturated rings. The number of rotatable bonds is 4. The fourth-order valence-electron chi connectivity index (χ4n) is 2.50. The minimum Gasteiger partial charge on any atom is -0.288 e. The number of nitrogens with zero attached hydrogens (tertiary/aromatic N) is 3. The number of para-hydroxylation sites is 1. The standard InChI is InChI=1S/C19H17N3O2/c1-14-18(20-13-17(23)15-9-5-3-6-10-15)19(24)22(21(14)2)16-11-7-4-8-12-16/h3-13H,1-2H3. The van der Waals surface area contributed by atoms with Crippen LogP contribution in [0.5, 0.6) is 0 Å². The van der Waals surface area contributed by atoms with Crippen molar-refractivity contribution in [2.75, 3.05) is 0 Å². The van der Waals surface area contributed by atoms with Crippen LogP contribution in [-0.2, 0) is 7.05 Å². The Morgan fingerprint density at radius 3 is 2.21 bits per heavy atom. The molecule has 0 saturated heterocycles. The molecule has 3 rings (SSSR count). The molecule has 0 aliphatic rings. The molecule has 120 valence electrons. The topological polar surface area (TPSA) is 56.4 Å². The van der Waals surface area contributed by atoms with Crippen LogP contribution in [-0.4, -0.2) is 21.4 Å². The minimum atomic E-state index is -0.252. The molecule has 24 heavy (non-hydrogen) atoms. The maximum absolute atomic E-state index is 12.7. The highest BCUT2D eigenvalue weighted by Gasteiger charge is 2.15. The molecule has 0 amide bonds. The summed E-state index contributed by atoms with van der Waals surface area (Å²) in [6.45, 7) is 1.81. The number of benzene rings is 2. The van der Waals surface area contributed by atoms with Gasteiger partial charge in [0.1, 0.15) is 0 Å². The van der Waals surface area contributed by atoms with Crippen molar-refractivity contribution in [3.8, 4) is 5.69 Å². The highest BCUT2D eigenvalue weighted by atomic mass is 16.1. The molecule has 1 aromatic heterocycles. The summed E-state index contributed by atoms with van der Waals surface area (Å²) in [7, 11) is 1.79. The summed E-state index contributed by atoms with van der Waals surface area (Å²) in [4.78, 5) is 29.0. The van der Waals surface area contributed by atoms with E-state index in [1.54, 1.807) is 42.9 Å². The maximum Gasteiger partial charge on any atom is 0.297 e. The number of ketones is 1. The van der Waals surface area contributed by atoms with Gasteiger partial charge in [-0.1, -0.05) is 48.5 Å². The summed E-state index contributed by atoms with van der Waals surface area (Å²) < 4.78 is 3.27. The predicted molar refractivity (Wildman–Crippen MR) is 94.7 cm³/mol.